The van der Waals surface area contributed by atoms with E-state index in [2.05, 4.69) is 27.4 Å². The average Bonchev–Trinajstić information content (AvgIpc) is 2.17. The lowest BCUT2D eigenvalue weighted by Crippen LogP contribution is -1.83. The second-order valence-electron chi connectivity index (χ2n) is 2.50. The van der Waals surface area contributed by atoms with Crippen molar-refractivity contribution in [1.29, 1.82) is 0 Å². The number of aromatic nitrogens is 1. The van der Waals surface area contributed by atoms with Crippen LogP contribution in [0.1, 0.15) is 0 Å². The summed E-state index contributed by atoms with van der Waals surface area (Å²) in [7, 11) is 2.23. The maximum atomic E-state index is 8.91. The number of hydrogen-bond donors (Lipinski definition) is 1. The number of carbonyl (C=O) groups is 1. The molecule has 0 atom stereocenters. The van der Waals surface area contributed by atoms with Gasteiger partial charge < -0.3 is 5.11 Å². The number of fused-ring (bicyclic) bond motifs is 1. The summed E-state index contributed by atoms with van der Waals surface area (Å²) in [5.41, 5.74) is 0.0324. The van der Waals surface area contributed by atoms with Crippen LogP contribution in [0.15, 0.2) is 42.6 Å². The lowest BCUT2D eigenvalue weighted by Gasteiger charge is -1.91. The summed E-state index contributed by atoms with van der Waals surface area (Å²) in [6.45, 7) is 0. The molecule has 4 heteroatoms. The lowest BCUT2D eigenvalue weighted by atomic mass is 10.2. The van der Waals surface area contributed by atoms with Crippen LogP contribution in [0.5, 0.6) is 0 Å². The molecule has 2 aromatic rings. The fraction of sp³-hybridized carbons (Fsp3) is 0. The first-order valence-corrected chi connectivity index (χ1v) is 4.44. The van der Waals surface area contributed by atoms with Gasteiger partial charge in [0.05, 0.1) is 5.52 Å². The predicted octanol–water partition coefficient (Wildman–Crippen LogP) is 2.07. The molecule has 0 aliphatic carbocycles. The minimum absolute atomic E-state index is 1.03. The molecular formula is C10H8NO2Si. The maximum absolute atomic E-state index is 8.91. The van der Waals surface area contributed by atoms with E-state index in [9.17, 15) is 0 Å². The normalized spacial score (nSPS) is 8.93. The summed E-state index contributed by atoms with van der Waals surface area (Å²) < 4.78 is 0. The molecule has 0 aliphatic heterocycles. The van der Waals surface area contributed by atoms with E-state index in [1.165, 1.54) is 5.39 Å². The van der Waals surface area contributed by atoms with E-state index in [0.29, 0.717) is 0 Å². The van der Waals surface area contributed by atoms with Crippen LogP contribution < -0.4 is 0 Å². The van der Waals surface area contributed by atoms with E-state index in [1.807, 2.05) is 30.5 Å². The highest BCUT2D eigenvalue weighted by Crippen LogP contribution is 2.07. The molecular weight excluding hydrogens is 194 g/mol. The summed E-state index contributed by atoms with van der Waals surface area (Å²) in [6.07, 6.45) is 1.81. The lowest BCUT2D eigenvalue weighted by molar-refractivity contribution is 0.220. The zero-order valence-corrected chi connectivity index (χ0v) is 8.34. The second-order valence-corrected chi connectivity index (χ2v) is 2.93. The van der Waals surface area contributed by atoms with Crippen LogP contribution in [0.3, 0.4) is 0 Å². The fourth-order valence-electron chi connectivity index (χ4n) is 1.02. The van der Waals surface area contributed by atoms with Gasteiger partial charge in [-0.05, 0) is 12.1 Å². The molecule has 2 rings (SSSR count). The number of pyridine rings is 1. The third-order valence-electron chi connectivity index (χ3n) is 1.51. The van der Waals surface area contributed by atoms with Gasteiger partial charge in [0.2, 0.25) is 0 Å². The van der Waals surface area contributed by atoms with Crippen molar-refractivity contribution >= 4 is 26.7 Å². The number of nitrogens with zero attached hydrogens (tertiary/aromatic N) is 1. The monoisotopic (exact) mass is 202 g/mol. The fourth-order valence-corrected chi connectivity index (χ4v) is 1.02. The van der Waals surface area contributed by atoms with Gasteiger partial charge in [-0.2, -0.15) is 0 Å². The average molecular weight is 202 g/mol. The van der Waals surface area contributed by atoms with Gasteiger partial charge in [0, 0.05) is 11.6 Å². The molecule has 3 radical (unpaired) electrons. The molecule has 0 fully saturated rings. The van der Waals surface area contributed by atoms with Gasteiger partial charge in [-0.25, -0.2) is 0 Å². The Morgan fingerprint density at radius 3 is 2.43 bits per heavy atom. The highest BCUT2D eigenvalue weighted by molar-refractivity contribution is 6.54. The standard InChI is InChI=1S/C9H7N.CHO2Si/c1-2-6-9-8(4-1)5-3-7-10-9;2-1(3)4/h1-7H;(H,2,3). The first kappa shape index (κ1) is 10.4. The number of hydrogen-bond acceptors (Lipinski definition) is 2. The number of benzene rings is 1. The third kappa shape index (κ3) is 3.36. The Kier molecular flexibility index (Phi) is 3.81. The quantitative estimate of drug-likeness (QED) is 0.665. The van der Waals surface area contributed by atoms with Crippen LogP contribution in [0.4, 0.5) is 4.79 Å². The Morgan fingerprint density at radius 2 is 1.79 bits per heavy atom. The molecule has 1 heterocycles. The van der Waals surface area contributed by atoms with Crippen molar-refractivity contribution in [3.05, 3.63) is 42.6 Å². The molecule has 0 amide bonds. The van der Waals surface area contributed by atoms with Crippen molar-refractivity contribution in [3.63, 3.8) is 0 Å². The molecule has 0 bridgehead atoms. The van der Waals surface area contributed by atoms with E-state index >= 15 is 0 Å². The number of rotatable bonds is 0. The molecule has 69 valence electrons. The smallest absolute Gasteiger partial charge is 0.262 e. The van der Waals surface area contributed by atoms with Crippen LogP contribution >= 0.6 is 0 Å². The third-order valence-corrected chi connectivity index (χ3v) is 1.51. The van der Waals surface area contributed by atoms with Crippen molar-refractivity contribution in [2.75, 3.05) is 0 Å². The Hall–Kier alpha value is -1.68. The van der Waals surface area contributed by atoms with Gasteiger partial charge in [-0.3, -0.25) is 9.78 Å². The van der Waals surface area contributed by atoms with Crippen LogP contribution in [-0.2, 0) is 0 Å². The van der Waals surface area contributed by atoms with Crippen molar-refractivity contribution in [1.82, 2.24) is 4.98 Å². The molecule has 14 heavy (non-hydrogen) atoms. The van der Waals surface area contributed by atoms with Crippen molar-refractivity contribution in [2.45, 2.75) is 0 Å². The molecule has 1 aromatic carbocycles. The topological polar surface area (TPSA) is 50.2 Å². The summed E-state index contributed by atoms with van der Waals surface area (Å²) in [6, 6.07) is 12.1. The zero-order chi connectivity index (χ0) is 10.4. The van der Waals surface area contributed by atoms with Crippen molar-refractivity contribution in [3.8, 4) is 0 Å². The second kappa shape index (κ2) is 5.13. The minimum Gasteiger partial charge on any atom is -0.486 e. The molecule has 0 unspecified atom stereocenters. The van der Waals surface area contributed by atoms with Crippen LogP contribution in [-0.4, -0.2) is 25.9 Å². The van der Waals surface area contributed by atoms with Gasteiger partial charge >= 0.3 is 0 Å². The minimum atomic E-state index is -1.03. The molecule has 1 N–H and O–H groups in total. The Morgan fingerprint density at radius 1 is 1.21 bits per heavy atom. The van der Waals surface area contributed by atoms with Gasteiger partial charge in [-0.1, -0.05) is 24.3 Å². The molecule has 1 aromatic heterocycles. The molecule has 0 saturated heterocycles. The van der Waals surface area contributed by atoms with E-state index < -0.39 is 5.59 Å². The van der Waals surface area contributed by atoms with Gasteiger partial charge in [0.25, 0.3) is 5.59 Å². The molecule has 0 aliphatic rings. The van der Waals surface area contributed by atoms with Gasteiger partial charge in [-0.15, -0.1) is 0 Å². The summed E-state index contributed by atoms with van der Waals surface area (Å²) >= 11 is 0. The largest absolute Gasteiger partial charge is 0.486 e. The highest BCUT2D eigenvalue weighted by atomic mass is 28.1. The molecule has 0 saturated carbocycles. The summed E-state index contributed by atoms with van der Waals surface area (Å²) in [4.78, 5) is 13.1. The number of carboxylic acid groups (broad SMARTS) is 1. The van der Waals surface area contributed by atoms with Gasteiger partial charge in [0.15, 0.2) is 10.2 Å². The SMILES string of the molecule is O=C(O)[Si].c1ccc2ncccc2c1. The highest BCUT2D eigenvalue weighted by Gasteiger charge is 1.86. The van der Waals surface area contributed by atoms with Crippen LogP contribution in [0, 0.1) is 0 Å². The van der Waals surface area contributed by atoms with Crippen LogP contribution in [0.25, 0.3) is 10.9 Å². The number of para-hydroxylation sites is 1. The first-order valence-electron chi connectivity index (χ1n) is 3.94. The van der Waals surface area contributed by atoms with E-state index in [1.54, 1.807) is 0 Å². The summed E-state index contributed by atoms with van der Waals surface area (Å²) in [5.74, 6) is 0. The Balaban J connectivity index is 0.000000213. The first-order chi connectivity index (χ1) is 6.70. The Bertz CT molecular complexity index is 362. The predicted molar refractivity (Wildman–Crippen MR) is 55.5 cm³/mol. The molecule has 3 nitrogen and oxygen atoms in total. The van der Waals surface area contributed by atoms with Crippen molar-refractivity contribution in [2.24, 2.45) is 0 Å². The molecule has 0 spiro atoms. The van der Waals surface area contributed by atoms with Crippen molar-refractivity contribution < 1.29 is 9.90 Å². The van der Waals surface area contributed by atoms with E-state index in [-0.39, 0.29) is 0 Å². The summed E-state index contributed by atoms with van der Waals surface area (Å²) in [5, 5.41) is 8.53. The Labute approximate surface area is 84.8 Å². The van der Waals surface area contributed by atoms with Gasteiger partial charge in [0.1, 0.15) is 0 Å². The van der Waals surface area contributed by atoms with Crippen LogP contribution in [0.2, 0.25) is 0 Å². The van der Waals surface area contributed by atoms with E-state index in [4.69, 9.17) is 9.90 Å². The van der Waals surface area contributed by atoms with E-state index in [0.717, 1.165) is 5.52 Å². The maximum Gasteiger partial charge on any atom is 0.262 e. The zero-order valence-electron chi connectivity index (χ0n) is 7.34.